The lowest BCUT2D eigenvalue weighted by Gasteiger charge is -2.24. The van der Waals surface area contributed by atoms with Crippen molar-refractivity contribution in [2.75, 3.05) is 153 Å². The molecular formula is C49H70N14O7P2. The third-order valence-electron chi connectivity index (χ3n) is 10.7. The number of nitrogen functional groups attached to an aromatic ring is 1. The van der Waals surface area contributed by atoms with Crippen molar-refractivity contribution in [2.24, 2.45) is 0 Å². The van der Waals surface area contributed by atoms with Crippen LogP contribution in [0.15, 0.2) is 97.3 Å². The average Bonchev–Trinajstić information content (AvgIpc) is 3.33. The van der Waals surface area contributed by atoms with E-state index in [1.54, 1.807) is 71.4 Å². The molecule has 388 valence electrons. The molecule has 0 atom stereocenters. The minimum atomic E-state index is -2.52. The molecule has 0 aliphatic rings. The number of anilines is 11. The fourth-order valence-corrected chi connectivity index (χ4v) is 9.30. The summed E-state index contributed by atoms with van der Waals surface area (Å²) in [5, 5.41) is 33.1. The highest BCUT2D eigenvalue weighted by Crippen LogP contribution is 2.41. The van der Waals surface area contributed by atoms with Crippen LogP contribution < -0.4 is 56.9 Å². The molecular weight excluding hydrogens is 959 g/mol. The predicted octanol–water partition coefficient (Wildman–Crippen LogP) is 7.54. The van der Waals surface area contributed by atoms with E-state index in [2.05, 4.69) is 51.0 Å². The van der Waals surface area contributed by atoms with E-state index in [0.717, 1.165) is 43.4 Å². The van der Waals surface area contributed by atoms with Crippen LogP contribution in [-0.2, 0) is 9.13 Å². The maximum absolute atomic E-state index is 12.7. The molecule has 7 N–H and O–H groups in total. The first-order valence-corrected chi connectivity index (χ1v) is 27.8. The Kier molecular flexibility index (Phi) is 21.1. The van der Waals surface area contributed by atoms with Crippen LogP contribution in [0.2, 0.25) is 0 Å². The van der Waals surface area contributed by atoms with Gasteiger partial charge in [-0.3, -0.25) is 10.1 Å². The van der Waals surface area contributed by atoms with Crippen molar-refractivity contribution in [3.05, 3.63) is 107 Å². The number of ether oxygens (including phenoxy) is 2. The maximum atomic E-state index is 12.7. The summed E-state index contributed by atoms with van der Waals surface area (Å²) >= 11 is 0. The summed E-state index contributed by atoms with van der Waals surface area (Å²) in [4.78, 5) is 37.1. The molecule has 0 spiro atoms. The smallest absolute Gasteiger partial charge is 0.294 e. The van der Waals surface area contributed by atoms with Crippen LogP contribution in [0.3, 0.4) is 0 Å². The first kappa shape index (κ1) is 57.6. The molecule has 2 aromatic heterocycles. The highest BCUT2D eigenvalue weighted by Gasteiger charge is 2.23. The number of nitrogens with one attached hydrogen (secondary N) is 4. The van der Waals surface area contributed by atoms with Crippen molar-refractivity contribution in [2.45, 2.75) is 0 Å². The van der Waals surface area contributed by atoms with Gasteiger partial charge < -0.3 is 70.3 Å². The van der Waals surface area contributed by atoms with Crippen LogP contribution in [-0.4, -0.2) is 156 Å². The molecule has 0 saturated carbocycles. The molecule has 4 aromatic carbocycles. The Morgan fingerprint density at radius 1 is 0.597 bits per heavy atom. The van der Waals surface area contributed by atoms with E-state index in [1.165, 1.54) is 13.2 Å². The highest BCUT2D eigenvalue weighted by atomic mass is 31.2. The highest BCUT2D eigenvalue weighted by molar-refractivity contribution is 7.70. The molecule has 23 heteroatoms. The molecule has 0 aliphatic carbocycles. The Hall–Kier alpha value is -7.02. The number of aromatic nitrogens is 4. The summed E-state index contributed by atoms with van der Waals surface area (Å²) in [7, 11) is 10.9. The van der Waals surface area contributed by atoms with Gasteiger partial charge in [0.1, 0.15) is 43.1 Å². The Balaban J connectivity index is 0.000000303. The minimum Gasteiger partial charge on any atom is -0.494 e. The van der Waals surface area contributed by atoms with Crippen LogP contribution in [0.25, 0.3) is 0 Å². The number of likely N-dealkylation sites (N-methyl/N-ethyl adjacent to an activating group) is 4. The molecule has 0 amide bonds. The topological polar surface area (TPSA) is 255 Å². The lowest BCUT2D eigenvalue weighted by Crippen LogP contribution is -2.29. The Morgan fingerprint density at radius 2 is 1.00 bits per heavy atom. The van der Waals surface area contributed by atoms with Crippen molar-refractivity contribution in [3.63, 3.8) is 0 Å². The second-order valence-corrected chi connectivity index (χ2v) is 24.0. The summed E-state index contributed by atoms with van der Waals surface area (Å²) in [5.41, 5.74) is 10.7. The number of methoxy groups -OCH3 is 2. The molecule has 6 aromatic rings. The van der Waals surface area contributed by atoms with Gasteiger partial charge in [-0.05, 0) is 97.3 Å². The lowest BCUT2D eigenvalue weighted by atomic mass is 10.2. The van der Waals surface area contributed by atoms with Gasteiger partial charge in [-0.1, -0.05) is 24.3 Å². The van der Waals surface area contributed by atoms with E-state index in [9.17, 15) is 19.2 Å². The number of para-hydroxylation sites is 2. The van der Waals surface area contributed by atoms with E-state index >= 15 is 0 Å². The second-order valence-electron chi connectivity index (χ2n) is 17.6. The Labute approximate surface area is 423 Å². The van der Waals surface area contributed by atoms with Crippen molar-refractivity contribution in [3.8, 4) is 11.5 Å². The number of hydrogen-bond donors (Lipinski definition) is 6. The van der Waals surface area contributed by atoms with Gasteiger partial charge in [-0.15, -0.1) is 0 Å². The van der Waals surface area contributed by atoms with Crippen molar-refractivity contribution in [1.29, 1.82) is 0 Å². The number of nitro benzene ring substituents is 1. The van der Waals surface area contributed by atoms with Crippen LogP contribution in [0, 0.1) is 10.1 Å². The van der Waals surface area contributed by atoms with E-state index in [0.29, 0.717) is 69.4 Å². The molecule has 6 rings (SSSR count). The monoisotopic (exact) mass is 1030 g/mol. The third kappa shape index (κ3) is 16.5. The second kappa shape index (κ2) is 26.4. The van der Waals surface area contributed by atoms with Gasteiger partial charge in [-0.2, -0.15) is 9.97 Å². The third-order valence-corrected chi connectivity index (χ3v) is 13.8. The van der Waals surface area contributed by atoms with Gasteiger partial charge in [0.2, 0.25) is 11.9 Å². The predicted molar refractivity (Wildman–Crippen MR) is 297 cm³/mol. The fourth-order valence-electron chi connectivity index (χ4n) is 6.99. The number of aliphatic hydroxyl groups is 1. The van der Waals surface area contributed by atoms with Gasteiger partial charge in [-0.25, -0.2) is 9.97 Å². The van der Waals surface area contributed by atoms with E-state index in [4.69, 9.17) is 20.3 Å². The van der Waals surface area contributed by atoms with Gasteiger partial charge in [0.15, 0.2) is 0 Å². The molecule has 0 saturated heterocycles. The van der Waals surface area contributed by atoms with Gasteiger partial charge >= 0.3 is 0 Å². The van der Waals surface area contributed by atoms with Gasteiger partial charge in [0.25, 0.3) is 5.69 Å². The van der Waals surface area contributed by atoms with Gasteiger partial charge in [0, 0.05) is 88.6 Å². The normalized spacial score (nSPS) is 11.1. The fraction of sp³-hybridized carbons (Fsp3) is 0.347. The Morgan fingerprint density at radius 3 is 1.40 bits per heavy atom. The van der Waals surface area contributed by atoms with Crippen molar-refractivity contribution >= 4 is 93.9 Å². The molecule has 0 unspecified atom stereocenters. The summed E-state index contributed by atoms with van der Waals surface area (Å²) < 4.78 is 36.5. The van der Waals surface area contributed by atoms with Crippen LogP contribution in [0.1, 0.15) is 0 Å². The van der Waals surface area contributed by atoms with E-state index in [-0.39, 0.29) is 11.6 Å². The molecule has 0 bridgehead atoms. The van der Waals surface area contributed by atoms with Crippen molar-refractivity contribution < 1.29 is 28.6 Å². The number of benzene rings is 4. The molecule has 0 aliphatic heterocycles. The van der Waals surface area contributed by atoms with E-state index < -0.39 is 19.2 Å². The van der Waals surface area contributed by atoms with E-state index in [1.807, 2.05) is 106 Å². The molecule has 72 heavy (non-hydrogen) atoms. The quantitative estimate of drug-likeness (QED) is 0.0176. The van der Waals surface area contributed by atoms with Crippen LogP contribution in [0.5, 0.6) is 11.5 Å². The first-order chi connectivity index (χ1) is 34.1. The summed E-state index contributed by atoms with van der Waals surface area (Å²) in [6.45, 7) is 9.98. The zero-order valence-electron chi connectivity index (χ0n) is 43.5. The maximum Gasteiger partial charge on any atom is 0.294 e. The molecule has 2 heterocycles. The minimum absolute atomic E-state index is 0.0654. The average molecular weight is 1030 g/mol. The van der Waals surface area contributed by atoms with Crippen LogP contribution in [0.4, 0.5) is 69.0 Å². The number of nitrogens with zero attached hydrogens (tertiary/aromatic N) is 9. The van der Waals surface area contributed by atoms with Crippen LogP contribution >= 0.6 is 14.3 Å². The van der Waals surface area contributed by atoms with Crippen molar-refractivity contribution in [1.82, 2.24) is 29.7 Å². The largest absolute Gasteiger partial charge is 0.494 e. The molecule has 21 nitrogen and oxygen atoms in total. The number of aliphatic hydroxyl groups excluding tert-OH is 1. The summed E-state index contributed by atoms with van der Waals surface area (Å²) in [6, 6.07) is 25.1. The standard InChI is InChI=1S/C24H32N7O4P.C24H34N7O2P.CH4O/c1-29(2)13-14-30(3)19-16-21(35-4)18(15-20(19)31(32)33)27-24-25-12-11-23(28-24)26-17-9-7-8-10-22(17)36(5,6)34;1-30(2)13-14-31(3)20-16-21(33-4)19(15-17(20)25)28-24-26-12-11-23(29-24)27-18-9-7-8-10-22(18)34(5,6)32;1-2/h7-12,15-16H,13-14H2,1-6H3,(H2,25,26,27,28);7-12,15-16H,13-14,25H2,1-6H3,(H2,26,27,28,29);2H,1H3. The summed E-state index contributed by atoms with van der Waals surface area (Å²) in [5.74, 6) is 2.69. The zero-order chi connectivity index (χ0) is 53.3. The van der Waals surface area contributed by atoms with Gasteiger partial charge in [0.05, 0.1) is 53.3 Å². The lowest BCUT2D eigenvalue weighted by molar-refractivity contribution is -0.384. The first-order valence-electron chi connectivity index (χ1n) is 22.6. The molecule has 0 fully saturated rings. The number of nitro groups is 1. The summed E-state index contributed by atoms with van der Waals surface area (Å²) in [6.07, 6.45) is 3.21. The molecule has 0 radical (unpaired) electrons. The SMILES string of the molecule is CO.COc1cc(N(C)CCN(C)C)c(N)cc1Nc1nccc(Nc2ccccc2P(C)(C)=O)n1.COc1cc(N(C)CCN(C)C)c([N+](=O)[O-])cc1Nc1nccc(Nc2ccccc2P(C)(C)=O)n1. The number of nitrogens with two attached hydrogens (primary N) is 1. The number of rotatable bonds is 21. The Bertz CT molecular complexity index is 2840. The number of hydrogen-bond acceptors (Lipinski definition) is 20. The zero-order valence-corrected chi connectivity index (χ0v) is 45.2.